The average molecular weight is 598 g/mol. The number of carbonyl (C=O) groups is 3. The van der Waals surface area contributed by atoms with Crippen LogP contribution in [-0.4, -0.2) is 55.1 Å². The van der Waals surface area contributed by atoms with Gasteiger partial charge in [0.2, 0.25) is 5.76 Å². The lowest BCUT2D eigenvalue weighted by atomic mass is 9.73. The molecule has 4 atom stereocenters. The van der Waals surface area contributed by atoms with Gasteiger partial charge in [-0.25, -0.2) is 4.79 Å². The fraction of sp³-hybridized carbons (Fsp3) is 0.429. The second-order valence-corrected chi connectivity index (χ2v) is 12.3. The van der Waals surface area contributed by atoms with Crippen molar-refractivity contribution in [2.45, 2.75) is 75.9 Å². The molecule has 2 aromatic carbocycles. The van der Waals surface area contributed by atoms with Crippen LogP contribution in [0.1, 0.15) is 80.9 Å². The molecule has 0 spiro atoms. The second-order valence-electron chi connectivity index (χ2n) is 12.3. The number of allylic oxidation sites excluding steroid dienone is 3. The predicted octanol–water partition coefficient (Wildman–Crippen LogP) is 3.59. The van der Waals surface area contributed by atoms with Crippen molar-refractivity contribution < 1.29 is 38.4 Å². The van der Waals surface area contributed by atoms with E-state index in [9.17, 15) is 19.5 Å². The molecule has 9 nitrogen and oxygen atoms in total. The largest absolute Gasteiger partial charge is 0.496 e. The summed E-state index contributed by atoms with van der Waals surface area (Å²) >= 11 is 0. The van der Waals surface area contributed by atoms with Crippen molar-refractivity contribution in [2.24, 2.45) is 4.99 Å². The number of aldehydes is 1. The van der Waals surface area contributed by atoms with Crippen molar-refractivity contribution in [3.05, 3.63) is 68.4 Å². The Bertz CT molecular complexity index is 1800. The van der Waals surface area contributed by atoms with Crippen LogP contribution in [0.5, 0.6) is 17.2 Å². The lowest BCUT2D eigenvalue weighted by Crippen LogP contribution is -2.47. The zero-order valence-corrected chi connectivity index (χ0v) is 25.1. The lowest BCUT2D eigenvalue weighted by molar-refractivity contribution is -0.141. The molecule has 2 aliphatic carbocycles. The summed E-state index contributed by atoms with van der Waals surface area (Å²) in [6, 6.07) is 7.66. The van der Waals surface area contributed by atoms with E-state index < -0.39 is 23.6 Å². The molecule has 2 saturated carbocycles. The number of ether oxygens (including phenoxy) is 4. The first-order valence-electron chi connectivity index (χ1n) is 15.3. The van der Waals surface area contributed by atoms with Crippen molar-refractivity contribution >= 4 is 29.7 Å². The number of esters is 1. The molecule has 9 heteroatoms. The van der Waals surface area contributed by atoms with E-state index in [1.54, 1.807) is 27.0 Å². The normalized spacial score (nSPS) is 28.4. The molecule has 0 bridgehead atoms. The van der Waals surface area contributed by atoms with Gasteiger partial charge in [0.15, 0.2) is 6.29 Å². The third-order valence-electron chi connectivity index (χ3n) is 9.70. The smallest absolute Gasteiger partial charge is 0.375 e. The minimum absolute atomic E-state index is 0.0736. The highest BCUT2D eigenvalue weighted by atomic mass is 16.6. The summed E-state index contributed by atoms with van der Waals surface area (Å²) in [5.74, 6) is -0.0507. The number of hydrogen-bond donors (Lipinski definition) is 1. The van der Waals surface area contributed by atoms with Gasteiger partial charge in [-0.15, -0.1) is 0 Å². The fourth-order valence-corrected chi connectivity index (χ4v) is 7.68. The summed E-state index contributed by atoms with van der Waals surface area (Å²) in [6.45, 7) is 4.20. The SMILES string of the molecule is CCOC(=O)C1=C(C=O)C(=C2CCC(=O)C(c3ccc4c(c3)=CCN=4)C2)c2c(cc3c(c2OC)C2CCCC(C)(O)C2O3)O1. The van der Waals surface area contributed by atoms with Crippen LogP contribution in [0.3, 0.4) is 0 Å². The molecule has 44 heavy (non-hydrogen) atoms. The van der Waals surface area contributed by atoms with Crippen molar-refractivity contribution in [1.29, 1.82) is 0 Å². The highest BCUT2D eigenvalue weighted by Gasteiger charge is 2.51. The summed E-state index contributed by atoms with van der Waals surface area (Å²) in [5.41, 5.74) is 2.72. The molecule has 5 aliphatic rings. The summed E-state index contributed by atoms with van der Waals surface area (Å²) in [6.07, 6.45) is 5.52. The van der Waals surface area contributed by atoms with Crippen LogP contribution >= 0.6 is 0 Å². The molecule has 0 radical (unpaired) electrons. The molecule has 2 fully saturated rings. The van der Waals surface area contributed by atoms with Gasteiger partial charge >= 0.3 is 5.97 Å². The Morgan fingerprint density at radius 3 is 2.84 bits per heavy atom. The first kappa shape index (κ1) is 28.5. The molecular formula is C35H35NO8. The maximum Gasteiger partial charge on any atom is 0.375 e. The molecule has 1 N–H and O–H groups in total. The van der Waals surface area contributed by atoms with Gasteiger partial charge in [-0.1, -0.05) is 17.7 Å². The van der Waals surface area contributed by atoms with E-state index in [1.807, 2.05) is 24.3 Å². The topological polar surface area (TPSA) is 121 Å². The average Bonchev–Trinajstić information content (AvgIpc) is 3.64. The Morgan fingerprint density at radius 2 is 2.07 bits per heavy atom. The monoisotopic (exact) mass is 597 g/mol. The molecule has 3 aliphatic heterocycles. The van der Waals surface area contributed by atoms with Crippen molar-refractivity contribution in [2.75, 3.05) is 20.3 Å². The molecule has 7 rings (SSSR count). The minimum Gasteiger partial charge on any atom is -0.496 e. The van der Waals surface area contributed by atoms with Gasteiger partial charge in [-0.3, -0.25) is 14.6 Å². The van der Waals surface area contributed by atoms with Crippen LogP contribution in [0.25, 0.3) is 11.6 Å². The number of benzene rings is 2. The van der Waals surface area contributed by atoms with Crippen LogP contribution in [0, 0.1) is 0 Å². The molecule has 3 heterocycles. The minimum atomic E-state index is -1.03. The van der Waals surface area contributed by atoms with Gasteiger partial charge in [-0.2, -0.15) is 0 Å². The summed E-state index contributed by atoms with van der Waals surface area (Å²) in [4.78, 5) is 43.9. The zero-order valence-electron chi connectivity index (χ0n) is 25.1. The summed E-state index contributed by atoms with van der Waals surface area (Å²) in [5, 5.41) is 13.1. The van der Waals surface area contributed by atoms with E-state index in [2.05, 4.69) is 4.99 Å². The second kappa shape index (κ2) is 10.7. The van der Waals surface area contributed by atoms with E-state index >= 15 is 0 Å². The van der Waals surface area contributed by atoms with Crippen LogP contribution in [0.2, 0.25) is 0 Å². The Hall–Kier alpha value is -4.24. The zero-order chi connectivity index (χ0) is 30.7. The van der Waals surface area contributed by atoms with Crippen LogP contribution in [0.4, 0.5) is 0 Å². The number of Topliss-reactive ketones (excluding diaryl/α,β-unsaturated/α-hetero) is 1. The molecule has 0 saturated heterocycles. The van der Waals surface area contributed by atoms with Crippen LogP contribution < -0.4 is 24.8 Å². The van der Waals surface area contributed by atoms with Crippen LogP contribution in [-0.2, 0) is 19.1 Å². The number of hydrogen-bond acceptors (Lipinski definition) is 9. The van der Waals surface area contributed by atoms with Crippen molar-refractivity contribution in [1.82, 2.24) is 0 Å². The standard InChI is InChI=1S/C35H35NO8/c1-4-42-34(39)31-23(17-37)28(20-8-10-25(38)22(15-20)18-7-9-24-19(14-18)11-13-36-24)30-27(43-31)16-26-29(32(30)41-3)21-6-5-12-35(2,40)33(21)44-26/h7,9,11,14,16-17,21-22,33,40H,4-6,8,10,12-13,15H2,1-3H3. The highest BCUT2D eigenvalue weighted by Crippen LogP contribution is 2.59. The van der Waals surface area contributed by atoms with E-state index in [0.717, 1.165) is 40.1 Å². The van der Waals surface area contributed by atoms with Crippen LogP contribution in [0.15, 0.2) is 46.2 Å². The summed E-state index contributed by atoms with van der Waals surface area (Å²) in [7, 11) is 1.57. The molecular weight excluding hydrogens is 562 g/mol. The number of aliphatic hydroxyl groups is 1. The van der Waals surface area contributed by atoms with Gasteiger partial charge < -0.3 is 24.1 Å². The quantitative estimate of drug-likeness (QED) is 0.410. The predicted molar refractivity (Wildman–Crippen MR) is 160 cm³/mol. The van der Waals surface area contributed by atoms with Gasteiger partial charge in [-0.05, 0) is 68.9 Å². The molecule has 0 amide bonds. The van der Waals surface area contributed by atoms with E-state index in [4.69, 9.17) is 18.9 Å². The van der Waals surface area contributed by atoms with E-state index in [1.165, 1.54) is 0 Å². The number of fused-ring (bicyclic) bond motifs is 5. The summed E-state index contributed by atoms with van der Waals surface area (Å²) < 4.78 is 23.9. The number of carbonyl (C=O) groups excluding carboxylic acids is 3. The van der Waals surface area contributed by atoms with Gasteiger partial charge in [0, 0.05) is 35.5 Å². The molecule has 0 aromatic heterocycles. The number of rotatable bonds is 5. The molecule has 4 unspecified atom stereocenters. The lowest BCUT2D eigenvalue weighted by Gasteiger charge is -2.37. The first-order valence-corrected chi connectivity index (χ1v) is 15.3. The number of nitrogens with zero attached hydrogens (tertiary/aromatic N) is 1. The van der Waals surface area contributed by atoms with Gasteiger partial charge in [0.05, 0.1) is 42.4 Å². The maximum absolute atomic E-state index is 13.4. The van der Waals surface area contributed by atoms with Gasteiger partial charge in [0.1, 0.15) is 29.1 Å². The van der Waals surface area contributed by atoms with E-state index in [-0.39, 0.29) is 36.1 Å². The van der Waals surface area contributed by atoms with E-state index in [0.29, 0.717) is 60.5 Å². The number of methoxy groups -OCH3 is 1. The van der Waals surface area contributed by atoms with Crippen molar-refractivity contribution in [3.63, 3.8) is 0 Å². The Kier molecular flexibility index (Phi) is 6.96. The first-order chi connectivity index (χ1) is 21.2. The third-order valence-corrected chi connectivity index (χ3v) is 9.70. The highest BCUT2D eigenvalue weighted by molar-refractivity contribution is 6.10. The Balaban J connectivity index is 1.43. The third kappa shape index (κ3) is 4.39. The molecule has 2 aromatic rings. The fourth-order valence-electron chi connectivity index (χ4n) is 7.68. The molecule has 228 valence electrons. The Morgan fingerprint density at radius 1 is 1.23 bits per heavy atom. The van der Waals surface area contributed by atoms with Crippen molar-refractivity contribution in [3.8, 4) is 17.2 Å². The maximum atomic E-state index is 13.4. The Labute approximate surface area is 254 Å². The van der Waals surface area contributed by atoms with Gasteiger partial charge in [0.25, 0.3) is 0 Å². The number of ketones is 1.